The monoisotopic (exact) mass is 274 g/mol. The van der Waals surface area contributed by atoms with Crippen molar-refractivity contribution in [3.8, 4) is 11.5 Å². The van der Waals surface area contributed by atoms with Gasteiger partial charge >= 0.3 is 0 Å². The van der Waals surface area contributed by atoms with Gasteiger partial charge in [-0.3, -0.25) is 0 Å². The molecular formula is C16H22N2O2. The average molecular weight is 274 g/mol. The number of hydrogen-bond acceptors (Lipinski definition) is 3. The van der Waals surface area contributed by atoms with Gasteiger partial charge in [0.15, 0.2) is 11.5 Å². The molecule has 0 saturated heterocycles. The van der Waals surface area contributed by atoms with Gasteiger partial charge in [0, 0.05) is 35.2 Å². The van der Waals surface area contributed by atoms with E-state index in [0.29, 0.717) is 24.8 Å². The number of hydrogen-bond donors (Lipinski definition) is 2. The fraction of sp³-hybridized carbons (Fsp3) is 0.500. The second kappa shape index (κ2) is 5.02. The fourth-order valence-electron chi connectivity index (χ4n) is 2.79. The fourth-order valence-corrected chi connectivity index (χ4v) is 2.79. The highest BCUT2D eigenvalue weighted by atomic mass is 16.7. The van der Waals surface area contributed by atoms with E-state index in [0.717, 1.165) is 17.0 Å². The minimum atomic E-state index is 0.315. The predicted molar refractivity (Wildman–Crippen MR) is 80.3 cm³/mol. The summed E-state index contributed by atoms with van der Waals surface area (Å²) in [5.41, 5.74) is 2.39. The maximum Gasteiger partial charge on any atom is 0.231 e. The van der Waals surface area contributed by atoms with Gasteiger partial charge in [-0.15, -0.1) is 0 Å². The molecule has 0 bridgehead atoms. The van der Waals surface area contributed by atoms with Gasteiger partial charge in [0.25, 0.3) is 0 Å². The molecule has 4 heteroatoms. The zero-order valence-corrected chi connectivity index (χ0v) is 12.5. The lowest BCUT2D eigenvalue weighted by atomic mass is 9.95. The Bertz CT molecular complexity index is 616. The molecule has 1 aromatic carbocycles. The molecule has 108 valence electrons. The van der Waals surface area contributed by atoms with E-state index in [1.807, 2.05) is 6.07 Å². The van der Waals surface area contributed by atoms with Crippen LogP contribution in [-0.4, -0.2) is 17.8 Å². The van der Waals surface area contributed by atoms with Crippen molar-refractivity contribution in [2.45, 2.75) is 39.8 Å². The van der Waals surface area contributed by atoms with Gasteiger partial charge in [-0.1, -0.05) is 27.7 Å². The molecule has 4 nitrogen and oxygen atoms in total. The zero-order chi connectivity index (χ0) is 14.3. The molecule has 0 fully saturated rings. The van der Waals surface area contributed by atoms with E-state index in [9.17, 15) is 0 Å². The smallest absolute Gasteiger partial charge is 0.231 e. The van der Waals surface area contributed by atoms with Crippen molar-refractivity contribution in [2.75, 3.05) is 6.79 Å². The highest BCUT2D eigenvalue weighted by molar-refractivity contribution is 5.87. The van der Waals surface area contributed by atoms with Crippen LogP contribution >= 0.6 is 0 Å². The van der Waals surface area contributed by atoms with E-state index in [2.05, 4.69) is 50.3 Å². The van der Waals surface area contributed by atoms with E-state index in [1.54, 1.807) is 0 Å². The Morgan fingerprint density at radius 3 is 2.45 bits per heavy atom. The van der Waals surface area contributed by atoms with Crippen LogP contribution in [0.5, 0.6) is 11.5 Å². The van der Waals surface area contributed by atoms with Gasteiger partial charge in [0.1, 0.15) is 0 Å². The molecule has 0 aliphatic carbocycles. The molecular weight excluding hydrogens is 252 g/mol. The molecule has 0 spiro atoms. The second-order valence-corrected chi connectivity index (χ2v) is 6.04. The molecule has 2 N–H and O–H groups in total. The molecule has 0 radical (unpaired) electrons. The second-order valence-electron chi connectivity index (χ2n) is 6.04. The van der Waals surface area contributed by atoms with Crippen LogP contribution in [0.3, 0.4) is 0 Å². The number of H-pyrrole nitrogens is 1. The largest absolute Gasteiger partial charge is 0.454 e. The van der Waals surface area contributed by atoms with Gasteiger partial charge in [0.05, 0.1) is 0 Å². The van der Waals surface area contributed by atoms with Crippen LogP contribution in [0.1, 0.15) is 39.3 Å². The van der Waals surface area contributed by atoms with Crippen LogP contribution < -0.4 is 14.8 Å². The maximum atomic E-state index is 5.50. The van der Waals surface area contributed by atoms with Crippen LogP contribution in [0, 0.1) is 5.92 Å². The van der Waals surface area contributed by atoms with Gasteiger partial charge in [-0.2, -0.15) is 0 Å². The topological polar surface area (TPSA) is 46.3 Å². The Morgan fingerprint density at radius 2 is 1.80 bits per heavy atom. The summed E-state index contributed by atoms with van der Waals surface area (Å²) in [6, 6.07) is 4.87. The Balaban J connectivity index is 2.06. The van der Waals surface area contributed by atoms with Gasteiger partial charge in [0.2, 0.25) is 6.79 Å². The first-order chi connectivity index (χ1) is 9.56. The Kier molecular flexibility index (Phi) is 3.34. The Labute approximate surface area is 119 Å². The zero-order valence-electron chi connectivity index (χ0n) is 12.5. The maximum absolute atomic E-state index is 5.50. The number of aromatic amines is 1. The summed E-state index contributed by atoms with van der Waals surface area (Å²) in [6.45, 7) is 9.16. The molecule has 1 aromatic heterocycles. The summed E-state index contributed by atoms with van der Waals surface area (Å²) in [5.74, 6) is 2.18. The van der Waals surface area contributed by atoms with Crippen molar-refractivity contribution in [3.05, 3.63) is 23.9 Å². The number of benzene rings is 1. The summed E-state index contributed by atoms with van der Waals surface area (Å²) in [5, 5.41) is 4.86. The van der Waals surface area contributed by atoms with E-state index in [1.165, 1.54) is 10.9 Å². The lowest BCUT2D eigenvalue weighted by molar-refractivity contribution is 0.174. The van der Waals surface area contributed by atoms with Gasteiger partial charge < -0.3 is 19.8 Å². The number of fused-ring (bicyclic) bond motifs is 2. The highest BCUT2D eigenvalue weighted by Crippen LogP contribution is 2.39. The summed E-state index contributed by atoms with van der Waals surface area (Å²) in [7, 11) is 0. The molecule has 3 rings (SSSR count). The third-order valence-corrected chi connectivity index (χ3v) is 3.72. The number of rotatable bonds is 4. The van der Waals surface area contributed by atoms with Crippen molar-refractivity contribution in [3.63, 3.8) is 0 Å². The Hall–Kier alpha value is -1.68. The minimum absolute atomic E-state index is 0.315. The minimum Gasteiger partial charge on any atom is -0.454 e. The quantitative estimate of drug-likeness (QED) is 0.895. The first-order valence-corrected chi connectivity index (χ1v) is 7.23. The third kappa shape index (κ3) is 2.24. The first kappa shape index (κ1) is 13.3. The van der Waals surface area contributed by atoms with Crippen LogP contribution in [-0.2, 0) is 0 Å². The highest BCUT2D eigenvalue weighted by Gasteiger charge is 2.22. The van der Waals surface area contributed by atoms with Crippen molar-refractivity contribution >= 4 is 10.9 Å². The van der Waals surface area contributed by atoms with E-state index in [-0.39, 0.29) is 0 Å². The van der Waals surface area contributed by atoms with Crippen molar-refractivity contribution in [1.82, 2.24) is 10.3 Å². The summed E-state index contributed by atoms with van der Waals surface area (Å²) in [4.78, 5) is 3.35. The third-order valence-electron chi connectivity index (χ3n) is 3.72. The standard InChI is InChI=1S/C16H22N2O2/c1-9(2)16(18-10(3)4)12-7-17-13-6-15-14(5-11(12)13)19-8-20-15/h5-7,9-10,16-18H,8H2,1-4H3. The molecule has 1 unspecified atom stereocenters. The molecule has 0 saturated carbocycles. The summed E-state index contributed by atoms with van der Waals surface area (Å²) >= 11 is 0. The normalized spacial score (nSPS) is 15.5. The van der Waals surface area contributed by atoms with Gasteiger partial charge in [-0.25, -0.2) is 0 Å². The van der Waals surface area contributed by atoms with Crippen molar-refractivity contribution in [1.29, 1.82) is 0 Å². The van der Waals surface area contributed by atoms with E-state index >= 15 is 0 Å². The van der Waals surface area contributed by atoms with Crippen LogP contribution in [0.2, 0.25) is 0 Å². The number of ether oxygens (including phenoxy) is 2. The molecule has 2 heterocycles. The molecule has 0 amide bonds. The SMILES string of the molecule is CC(C)NC(c1c[nH]c2cc3c(cc12)OCO3)C(C)C. The molecule has 2 aromatic rings. The lowest BCUT2D eigenvalue weighted by Crippen LogP contribution is -2.31. The van der Waals surface area contributed by atoms with Gasteiger partial charge in [-0.05, 0) is 17.5 Å². The number of nitrogens with one attached hydrogen (secondary N) is 2. The summed E-state index contributed by atoms with van der Waals surface area (Å²) < 4.78 is 10.9. The van der Waals surface area contributed by atoms with Crippen LogP contribution in [0.4, 0.5) is 0 Å². The molecule has 1 aliphatic rings. The molecule has 1 aliphatic heterocycles. The predicted octanol–water partition coefficient (Wildman–Crippen LogP) is 3.59. The average Bonchev–Trinajstić information content (AvgIpc) is 2.98. The number of aromatic nitrogens is 1. The van der Waals surface area contributed by atoms with Crippen LogP contribution in [0.15, 0.2) is 18.3 Å². The van der Waals surface area contributed by atoms with Crippen molar-refractivity contribution in [2.24, 2.45) is 5.92 Å². The van der Waals surface area contributed by atoms with E-state index in [4.69, 9.17) is 9.47 Å². The molecule has 1 atom stereocenters. The van der Waals surface area contributed by atoms with E-state index < -0.39 is 0 Å². The van der Waals surface area contributed by atoms with Crippen molar-refractivity contribution < 1.29 is 9.47 Å². The Morgan fingerprint density at radius 1 is 1.10 bits per heavy atom. The molecule has 20 heavy (non-hydrogen) atoms. The lowest BCUT2D eigenvalue weighted by Gasteiger charge is -2.24. The van der Waals surface area contributed by atoms with Crippen LogP contribution in [0.25, 0.3) is 10.9 Å². The first-order valence-electron chi connectivity index (χ1n) is 7.23. The summed E-state index contributed by atoms with van der Waals surface area (Å²) in [6.07, 6.45) is 2.10.